The van der Waals surface area contributed by atoms with Gasteiger partial charge in [-0.05, 0) is 17.7 Å². The van der Waals surface area contributed by atoms with E-state index in [4.69, 9.17) is 23.2 Å². The smallest absolute Gasteiger partial charge is 0.292 e. The molecular formula is C10H6Cl2F4O. The van der Waals surface area contributed by atoms with Crippen molar-refractivity contribution in [2.45, 2.75) is 18.8 Å². The second-order valence-electron chi connectivity index (χ2n) is 3.27. The number of halogens is 6. The highest BCUT2D eigenvalue weighted by molar-refractivity contribution is 6.42. The Hall–Kier alpha value is -0.810. The first-order valence-corrected chi connectivity index (χ1v) is 5.14. The molecule has 0 aliphatic heterocycles. The molecule has 7 heteroatoms. The molecule has 0 amide bonds. The summed E-state index contributed by atoms with van der Waals surface area (Å²) in [5, 5.41) is 0.251. The fraction of sp³-hybridized carbons (Fsp3) is 0.300. The second kappa shape index (κ2) is 5.23. The highest BCUT2D eigenvalue weighted by Gasteiger charge is 2.47. The summed E-state index contributed by atoms with van der Waals surface area (Å²) in [6.45, 7) is 0. The van der Waals surface area contributed by atoms with Crippen molar-refractivity contribution in [3.63, 3.8) is 0 Å². The minimum Gasteiger partial charge on any atom is -0.292 e. The van der Waals surface area contributed by atoms with Crippen molar-refractivity contribution in [2.24, 2.45) is 0 Å². The van der Waals surface area contributed by atoms with E-state index >= 15 is 0 Å². The number of alkyl halides is 4. The summed E-state index contributed by atoms with van der Waals surface area (Å²) in [5.41, 5.74) is 0.102. The van der Waals surface area contributed by atoms with E-state index in [9.17, 15) is 22.4 Å². The average Bonchev–Trinajstić information content (AvgIpc) is 2.23. The molecule has 0 spiro atoms. The third-order valence-corrected chi connectivity index (χ3v) is 2.73. The molecule has 1 rings (SSSR count). The highest BCUT2D eigenvalue weighted by atomic mass is 35.5. The van der Waals surface area contributed by atoms with Gasteiger partial charge in [-0.3, -0.25) is 4.79 Å². The maximum atomic E-state index is 12.6. The third kappa shape index (κ3) is 3.33. The zero-order valence-corrected chi connectivity index (χ0v) is 9.70. The Balaban J connectivity index is 2.85. The minimum atomic E-state index is -4.65. The molecular weight excluding hydrogens is 283 g/mol. The van der Waals surface area contributed by atoms with Crippen molar-refractivity contribution >= 4 is 29.0 Å². The molecule has 0 aliphatic carbocycles. The standard InChI is InChI=1S/C10H6Cl2F4O/c11-6-2-1-5(3-7(6)12)4-8(17)10(15,16)9(13)14/h1-3,9H,4H2. The number of rotatable bonds is 4. The second-order valence-corrected chi connectivity index (χ2v) is 4.09. The van der Waals surface area contributed by atoms with Crippen LogP contribution in [0.5, 0.6) is 0 Å². The van der Waals surface area contributed by atoms with E-state index in [1.807, 2.05) is 0 Å². The number of carbonyl (C=O) groups excluding carboxylic acids is 1. The summed E-state index contributed by atoms with van der Waals surface area (Å²) in [6.07, 6.45) is -4.84. The summed E-state index contributed by atoms with van der Waals surface area (Å²) in [4.78, 5) is 11.0. The molecule has 1 aromatic carbocycles. The molecule has 0 saturated carbocycles. The summed E-state index contributed by atoms with van der Waals surface area (Å²) in [6, 6.07) is 3.75. The van der Waals surface area contributed by atoms with Gasteiger partial charge < -0.3 is 0 Å². The van der Waals surface area contributed by atoms with Crippen LogP contribution in [-0.4, -0.2) is 18.1 Å². The predicted molar refractivity (Wildman–Crippen MR) is 56.1 cm³/mol. The first kappa shape index (κ1) is 14.3. The van der Waals surface area contributed by atoms with Gasteiger partial charge in [0.1, 0.15) is 0 Å². The van der Waals surface area contributed by atoms with Gasteiger partial charge in [0.15, 0.2) is 0 Å². The fourth-order valence-electron chi connectivity index (χ4n) is 1.07. The Morgan fingerprint density at radius 2 is 1.82 bits per heavy atom. The van der Waals surface area contributed by atoms with Crippen LogP contribution < -0.4 is 0 Å². The Labute approximate surface area is 104 Å². The van der Waals surface area contributed by atoms with Gasteiger partial charge in [0.2, 0.25) is 5.78 Å². The number of benzene rings is 1. The van der Waals surface area contributed by atoms with E-state index in [-0.39, 0.29) is 15.6 Å². The Morgan fingerprint density at radius 1 is 1.24 bits per heavy atom. The van der Waals surface area contributed by atoms with Crippen LogP contribution in [0.25, 0.3) is 0 Å². The Morgan fingerprint density at radius 3 is 2.29 bits per heavy atom. The van der Waals surface area contributed by atoms with Crippen LogP contribution in [0.3, 0.4) is 0 Å². The van der Waals surface area contributed by atoms with E-state index in [0.29, 0.717) is 0 Å². The fourth-order valence-corrected chi connectivity index (χ4v) is 1.40. The molecule has 0 fully saturated rings. The maximum Gasteiger partial charge on any atom is 0.364 e. The van der Waals surface area contributed by atoms with Crippen LogP contribution in [-0.2, 0) is 11.2 Å². The van der Waals surface area contributed by atoms with E-state index < -0.39 is 24.6 Å². The summed E-state index contributed by atoms with van der Waals surface area (Å²) in [7, 11) is 0. The van der Waals surface area contributed by atoms with Crippen LogP contribution in [0, 0.1) is 0 Å². The number of ketones is 1. The Kier molecular flexibility index (Phi) is 4.38. The topological polar surface area (TPSA) is 17.1 Å². The molecule has 0 unspecified atom stereocenters. The normalized spacial score (nSPS) is 11.9. The largest absolute Gasteiger partial charge is 0.364 e. The molecule has 0 saturated heterocycles. The zero-order valence-electron chi connectivity index (χ0n) is 8.19. The summed E-state index contributed by atoms with van der Waals surface area (Å²) >= 11 is 11.2. The molecule has 1 nitrogen and oxygen atoms in total. The monoisotopic (exact) mass is 288 g/mol. The first-order chi connectivity index (χ1) is 7.75. The lowest BCUT2D eigenvalue weighted by Crippen LogP contribution is -2.37. The molecule has 0 heterocycles. The van der Waals surface area contributed by atoms with Gasteiger partial charge in [-0.25, -0.2) is 8.78 Å². The van der Waals surface area contributed by atoms with Gasteiger partial charge in [-0.15, -0.1) is 0 Å². The molecule has 0 bridgehead atoms. The van der Waals surface area contributed by atoms with E-state index in [1.165, 1.54) is 18.2 Å². The van der Waals surface area contributed by atoms with Gasteiger partial charge in [0, 0.05) is 6.42 Å². The summed E-state index contributed by atoms with van der Waals surface area (Å²) < 4.78 is 49.1. The first-order valence-electron chi connectivity index (χ1n) is 4.38. The lowest BCUT2D eigenvalue weighted by molar-refractivity contribution is -0.166. The molecule has 0 atom stereocenters. The molecule has 0 N–H and O–H groups in total. The van der Waals surface area contributed by atoms with Gasteiger partial charge >= 0.3 is 12.3 Å². The van der Waals surface area contributed by atoms with Crippen LogP contribution in [0.15, 0.2) is 18.2 Å². The van der Waals surface area contributed by atoms with Crippen LogP contribution in [0.2, 0.25) is 10.0 Å². The lowest BCUT2D eigenvalue weighted by atomic mass is 10.1. The van der Waals surface area contributed by atoms with Gasteiger partial charge in [0.25, 0.3) is 0 Å². The van der Waals surface area contributed by atoms with Gasteiger partial charge in [-0.2, -0.15) is 8.78 Å². The van der Waals surface area contributed by atoms with E-state index in [1.54, 1.807) is 0 Å². The number of hydrogen-bond acceptors (Lipinski definition) is 1. The SMILES string of the molecule is O=C(Cc1ccc(Cl)c(Cl)c1)C(F)(F)C(F)F. The molecule has 1 aromatic rings. The summed E-state index contributed by atoms with van der Waals surface area (Å²) in [5.74, 6) is -6.50. The van der Waals surface area contributed by atoms with Crippen molar-refractivity contribution in [1.29, 1.82) is 0 Å². The Bertz CT molecular complexity index is 434. The lowest BCUT2D eigenvalue weighted by Gasteiger charge is -2.13. The van der Waals surface area contributed by atoms with Crippen molar-refractivity contribution in [1.82, 2.24) is 0 Å². The molecule has 0 aliphatic rings. The van der Waals surface area contributed by atoms with E-state index in [2.05, 4.69) is 0 Å². The van der Waals surface area contributed by atoms with Crippen molar-refractivity contribution < 1.29 is 22.4 Å². The van der Waals surface area contributed by atoms with Crippen molar-refractivity contribution in [3.8, 4) is 0 Å². The molecule has 17 heavy (non-hydrogen) atoms. The van der Waals surface area contributed by atoms with Gasteiger partial charge in [0.05, 0.1) is 10.0 Å². The number of hydrogen-bond donors (Lipinski definition) is 0. The predicted octanol–water partition coefficient (Wildman–Crippen LogP) is 4.01. The quantitative estimate of drug-likeness (QED) is 0.765. The number of Topliss-reactive ketones (excluding diaryl/α,β-unsaturated/α-hetero) is 1. The van der Waals surface area contributed by atoms with Crippen LogP contribution in [0.1, 0.15) is 5.56 Å². The molecule has 0 radical (unpaired) electrons. The average molecular weight is 289 g/mol. The van der Waals surface area contributed by atoms with Crippen LogP contribution >= 0.6 is 23.2 Å². The molecule has 94 valence electrons. The maximum absolute atomic E-state index is 12.6. The molecule has 0 aromatic heterocycles. The number of carbonyl (C=O) groups is 1. The van der Waals surface area contributed by atoms with Crippen molar-refractivity contribution in [3.05, 3.63) is 33.8 Å². The van der Waals surface area contributed by atoms with Crippen molar-refractivity contribution in [2.75, 3.05) is 0 Å². The van der Waals surface area contributed by atoms with E-state index in [0.717, 1.165) is 0 Å². The highest BCUT2D eigenvalue weighted by Crippen LogP contribution is 2.27. The third-order valence-electron chi connectivity index (χ3n) is 1.99. The zero-order chi connectivity index (χ0) is 13.2. The van der Waals surface area contributed by atoms with Gasteiger partial charge in [-0.1, -0.05) is 29.3 Å². The minimum absolute atomic E-state index is 0.0670. The van der Waals surface area contributed by atoms with Crippen LogP contribution in [0.4, 0.5) is 17.6 Å².